The molecule has 3 fully saturated rings. The zero-order valence-electron chi connectivity index (χ0n) is 13.4. The quantitative estimate of drug-likeness (QED) is 0.813. The highest BCUT2D eigenvalue weighted by Crippen LogP contribution is 2.68. The third-order valence-corrected chi connectivity index (χ3v) is 6.97. The van der Waals surface area contributed by atoms with Crippen LogP contribution in [0.15, 0.2) is 0 Å². The Morgan fingerprint density at radius 2 is 1.95 bits per heavy atom. The maximum absolute atomic E-state index is 12.1. The number of carbonyl (C=O) groups excluding carboxylic acids is 1. The van der Waals surface area contributed by atoms with Crippen LogP contribution in [0, 0.1) is 28.6 Å². The summed E-state index contributed by atoms with van der Waals surface area (Å²) in [5.74, 6) is -0.0695. The van der Waals surface area contributed by atoms with Crippen LogP contribution in [0.2, 0.25) is 0 Å². The summed E-state index contributed by atoms with van der Waals surface area (Å²) in [6, 6.07) is 0. The Morgan fingerprint density at radius 3 is 2.52 bits per heavy atom. The van der Waals surface area contributed by atoms with Crippen molar-refractivity contribution in [2.24, 2.45) is 28.6 Å². The van der Waals surface area contributed by atoms with Gasteiger partial charge in [-0.05, 0) is 36.5 Å². The Bertz CT molecular complexity index is 417. The number of hydrogen-bond donors (Lipinski definition) is 1. The van der Waals surface area contributed by atoms with Gasteiger partial charge in [-0.1, -0.05) is 20.8 Å². The molecule has 2 aliphatic carbocycles. The molecule has 0 aromatic carbocycles. The lowest BCUT2D eigenvalue weighted by Gasteiger charge is -2.56. The van der Waals surface area contributed by atoms with Crippen LogP contribution in [0.3, 0.4) is 0 Å². The van der Waals surface area contributed by atoms with Crippen molar-refractivity contribution in [3.05, 3.63) is 0 Å². The van der Waals surface area contributed by atoms with Gasteiger partial charge < -0.3 is 19.4 Å². The minimum absolute atomic E-state index is 0.0404. The second-order valence-corrected chi connectivity index (χ2v) is 7.68. The van der Waals surface area contributed by atoms with E-state index in [0.717, 1.165) is 32.0 Å². The molecule has 0 amide bonds. The van der Waals surface area contributed by atoms with Crippen molar-refractivity contribution in [3.63, 3.8) is 0 Å². The van der Waals surface area contributed by atoms with Gasteiger partial charge in [0.15, 0.2) is 5.79 Å². The molecule has 4 nitrogen and oxygen atoms in total. The fourth-order valence-corrected chi connectivity index (χ4v) is 5.50. The fourth-order valence-electron chi connectivity index (χ4n) is 5.50. The summed E-state index contributed by atoms with van der Waals surface area (Å²) in [6.45, 7) is 7.75. The zero-order chi connectivity index (χ0) is 15.3. The van der Waals surface area contributed by atoms with Gasteiger partial charge in [-0.3, -0.25) is 0 Å². The zero-order valence-corrected chi connectivity index (χ0v) is 13.4. The third-order valence-electron chi connectivity index (χ3n) is 6.97. The predicted molar refractivity (Wildman–Crippen MR) is 78.6 cm³/mol. The molecule has 1 spiro atoms. The van der Waals surface area contributed by atoms with Crippen molar-refractivity contribution in [1.29, 1.82) is 0 Å². The largest absolute Gasteiger partial charge is 0.396 e. The molecule has 21 heavy (non-hydrogen) atoms. The number of ether oxygens (including phenoxy) is 2. The monoisotopic (exact) mass is 296 g/mol. The molecular formula is C17H28O4. The Balaban J connectivity index is 2.10. The lowest BCUT2D eigenvalue weighted by atomic mass is 9.49. The second-order valence-electron chi connectivity index (χ2n) is 7.68. The first-order valence-corrected chi connectivity index (χ1v) is 8.30. The molecule has 1 N–H and O–H groups in total. The molecule has 4 heteroatoms. The third kappa shape index (κ3) is 1.88. The van der Waals surface area contributed by atoms with E-state index in [9.17, 15) is 9.90 Å². The summed E-state index contributed by atoms with van der Waals surface area (Å²) in [7, 11) is 0. The smallest absolute Gasteiger partial charge is 0.172 e. The first-order chi connectivity index (χ1) is 9.95. The van der Waals surface area contributed by atoms with Crippen LogP contribution in [-0.4, -0.2) is 37.0 Å². The average Bonchev–Trinajstić information content (AvgIpc) is 3.10. The number of carbonyl (C=O) groups is 1. The molecule has 0 aromatic rings. The van der Waals surface area contributed by atoms with Gasteiger partial charge in [-0.15, -0.1) is 0 Å². The van der Waals surface area contributed by atoms with Gasteiger partial charge in [-0.2, -0.15) is 0 Å². The van der Waals surface area contributed by atoms with E-state index in [1.54, 1.807) is 0 Å². The van der Waals surface area contributed by atoms with Crippen LogP contribution in [0.1, 0.15) is 46.5 Å². The van der Waals surface area contributed by atoms with Crippen LogP contribution in [0.5, 0.6) is 0 Å². The van der Waals surface area contributed by atoms with Gasteiger partial charge in [0, 0.05) is 24.4 Å². The van der Waals surface area contributed by atoms with Gasteiger partial charge in [-0.25, -0.2) is 0 Å². The summed E-state index contributed by atoms with van der Waals surface area (Å²) in [5, 5.41) is 9.80. The maximum Gasteiger partial charge on any atom is 0.172 e. The molecule has 0 aromatic heterocycles. The fraction of sp³-hybridized carbons (Fsp3) is 0.941. The Hall–Kier alpha value is -0.450. The Kier molecular flexibility index (Phi) is 3.70. The first-order valence-electron chi connectivity index (χ1n) is 8.30. The number of rotatable bonds is 3. The molecule has 2 saturated carbocycles. The molecule has 120 valence electrons. The topological polar surface area (TPSA) is 55.8 Å². The van der Waals surface area contributed by atoms with E-state index in [-0.39, 0.29) is 23.9 Å². The molecule has 2 unspecified atom stereocenters. The van der Waals surface area contributed by atoms with Crippen LogP contribution < -0.4 is 0 Å². The van der Waals surface area contributed by atoms with E-state index < -0.39 is 11.2 Å². The van der Waals surface area contributed by atoms with Crippen molar-refractivity contribution in [1.82, 2.24) is 0 Å². The molecular weight excluding hydrogens is 268 g/mol. The molecule has 3 aliphatic rings. The van der Waals surface area contributed by atoms with E-state index in [0.29, 0.717) is 19.1 Å². The van der Waals surface area contributed by atoms with Gasteiger partial charge in [0.1, 0.15) is 6.29 Å². The van der Waals surface area contributed by atoms with E-state index in [4.69, 9.17) is 9.47 Å². The van der Waals surface area contributed by atoms with Gasteiger partial charge in [0.05, 0.1) is 13.2 Å². The number of aliphatic hydroxyl groups excluding tert-OH is 1. The highest BCUT2D eigenvalue weighted by Gasteiger charge is 2.69. The van der Waals surface area contributed by atoms with E-state index >= 15 is 0 Å². The summed E-state index contributed by atoms with van der Waals surface area (Å²) in [6.07, 6.45) is 5.05. The summed E-state index contributed by atoms with van der Waals surface area (Å²) < 4.78 is 12.1. The van der Waals surface area contributed by atoms with Crippen molar-refractivity contribution in [3.8, 4) is 0 Å². The standard InChI is InChI=1S/C17H28O4/c1-12-4-5-16(13(2)10-18)6-7-17(20-8-9-21-17)14(16)15(12,3)11-19/h11-14,18H,4-10H2,1-3H3/t12-,13+,14?,15-,16?/m1/s1. The number of hydrogen-bond acceptors (Lipinski definition) is 4. The van der Waals surface area contributed by atoms with Crippen molar-refractivity contribution in [2.75, 3.05) is 19.8 Å². The summed E-state index contributed by atoms with van der Waals surface area (Å²) in [5.41, 5.74) is -0.482. The normalized spacial score (nSPS) is 46.5. The molecule has 0 bridgehead atoms. The van der Waals surface area contributed by atoms with Crippen LogP contribution in [-0.2, 0) is 14.3 Å². The number of fused-ring (bicyclic) bond motifs is 2. The van der Waals surface area contributed by atoms with Crippen LogP contribution in [0.4, 0.5) is 0 Å². The molecule has 1 saturated heterocycles. The van der Waals surface area contributed by atoms with Crippen molar-refractivity contribution >= 4 is 6.29 Å². The lowest BCUT2D eigenvalue weighted by molar-refractivity contribution is -0.242. The van der Waals surface area contributed by atoms with E-state index in [1.165, 1.54) is 0 Å². The highest BCUT2D eigenvalue weighted by molar-refractivity contribution is 5.61. The molecule has 0 radical (unpaired) electrons. The van der Waals surface area contributed by atoms with Crippen molar-refractivity contribution in [2.45, 2.75) is 52.2 Å². The molecule has 5 atom stereocenters. The predicted octanol–water partition coefficient (Wildman–Crippen LogP) is 2.39. The van der Waals surface area contributed by atoms with E-state index in [1.807, 2.05) is 0 Å². The Morgan fingerprint density at radius 1 is 1.29 bits per heavy atom. The molecule has 3 rings (SSSR count). The van der Waals surface area contributed by atoms with Gasteiger partial charge >= 0.3 is 0 Å². The summed E-state index contributed by atoms with van der Waals surface area (Å²) in [4.78, 5) is 12.1. The number of aldehydes is 1. The highest BCUT2D eigenvalue weighted by atomic mass is 16.7. The Labute approximate surface area is 127 Å². The van der Waals surface area contributed by atoms with E-state index in [2.05, 4.69) is 20.8 Å². The lowest BCUT2D eigenvalue weighted by Crippen LogP contribution is -2.58. The SMILES string of the molecule is C[C@@H]1CCC2([C@@H](C)CO)CCC3(OCCO3)C2[C@]1(C)C=O. The van der Waals surface area contributed by atoms with Crippen LogP contribution >= 0.6 is 0 Å². The molecule has 1 heterocycles. The average molecular weight is 296 g/mol. The van der Waals surface area contributed by atoms with Crippen LogP contribution in [0.25, 0.3) is 0 Å². The van der Waals surface area contributed by atoms with Gasteiger partial charge in [0.25, 0.3) is 0 Å². The minimum atomic E-state index is -0.603. The first kappa shape index (κ1) is 15.4. The van der Waals surface area contributed by atoms with Gasteiger partial charge in [0.2, 0.25) is 0 Å². The summed E-state index contributed by atoms with van der Waals surface area (Å²) >= 11 is 0. The second kappa shape index (κ2) is 5.04. The maximum atomic E-state index is 12.1. The van der Waals surface area contributed by atoms with Crippen molar-refractivity contribution < 1.29 is 19.4 Å². The number of aliphatic hydroxyl groups is 1. The molecule has 1 aliphatic heterocycles. The minimum Gasteiger partial charge on any atom is -0.396 e.